The molecule has 0 aromatic heterocycles. The van der Waals surface area contributed by atoms with Gasteiger partial charge in [-0.05, 0) is 24.6 Å². The number of benzene rings is 1. The molecule has 0 saturated carbocycles. The van der Waals surface area contributed by atoms with Crippen molar-refractivity contribution < 1.29 is 64.3 Å². The zero-order valence-electron chi connectivity index (χ0n) is 9.10. The fraction of sp³-hybridized carbons (Fsp3) is 0.200. The Bertz CT molecular complexity index is 423. The predicted octanol–water partition coefficient (Wildman–Crippen LogP) is 0.198. The molecule has 0 fully saturated rings. The van der Waals surface area contributed by atoms with E-state index in [0.717, 1.165) is 0 Å². The van der Waals surface area contributed by atoms with Gasteiger partial charge < -0.3 is 12.9 Å². The third-order valence-corrected chi connectivity index (χ3v) is 2.37. The molecule has 0 atom stereocenters. The van der Waals surface area contributed by atoms with Crippen molar-refractivity contribution in [2.24, 2.45) is 0 Å². The molecule has 0 amide bonds. The Balaban J connectivity index is 0.00000225. The van der Waals surface area contributed by atoms with Gasteiger partial charge in [0.05, 0.1) is 0 Å². The van der Waals surface area contributed by atoms with Gasteiger partial charge in [-0.3, -0.25) is 0 Å². The Labute approximate surface area is 141 Å². The molecule has 6 heteroatoms. The van der Waals surface area contributed by atoms with Crippen LogP contribution >= 0.6 is 12.6 Å². The van der Waals surface area contributed by atoms with E-state index in [2.05, 4.69) is 18.5 Å². The molecule has 0 radical (unpaired) electrons. The van der Waals surface area contributed by atoms with Crippen molar-refractivity contribution in [3.05, 3.63) is 28.8 Å². The molecule has 0 aliphatic rings. The van der Waals surface area contributed by atoms with Crippen molar-refractivity contribution in [2.75, 3.05) is 0 Å². The maximum atomic E-state index is 12.3. The zero-order chi connectivity index (χ0) is 11.6. The van der Waals surface area contributed by atoms with E-state index in [0.29, 0.717) is 16.0 Å². The summed E-state index contributed by atoms with van der Waals surface area (Å²) in [5.41, 5.74) is 1.19. The average Bonchev–Trinajstić information content (AvgIpc) is 2.08. The van der Waals surface area contributed by atoms with Crippen molar-refractivity contribution >= 4 is 19.6 Å². The Morgan fingerprint density at radius 3 is 2.38 bits per heavy atom. The molecule has 16 heavy (non-hydrogen) atoms. The van der Waals surface area contributed by atoms with Gasteiger partial charge in [-0.1, -0.05) is 17.8 Å². The SMILES string of the molecule is C#Cc1cc(S)cc(C[B-](F)(F)F)c1C.[K+]. The van der Waals surface area contributed by atoms with E-state index in [9.17, 15) is 12.9 Å². The molecule has 0 unspecified atom stereocenters. The standard InChI is InChI=1S/C10H9BF3S.K/c1-3-8-4-10(15)5-9(7(8)2)6-11(12,13)14;/h1,4-5,15H,6H2,2H3;/q-1;+1. The Kier molecular flexibility index (Phi) is 6.78. The first kappa shape index (κ1) is 16.6. The molecule has 1 aromatic carbocycles. The molecule has 0 aliphatic heterocycles. The molecule has 0 heterocycles. The molecule has 1 aromatic rings. The van der Waals surface area contributed by atoms with Gasteiger partial charge in [0, 0.05) is 10.5 Å². The summed E-state index contributed by atoms with van der Waals surface area (Å²) >= 11 is 4.02. The van der Waals surface area contributed by atoms with E-state index < -0.39 is 13.3 Å². The second-order valence-corrected chi connectivity index (χ2v) is 3.85. The summed E-state index contributed by atoms with van der Waals surface area (Å²) in [6.45, 7) is -3.24. The average molecular weight is 268 g/mol. The molecule has 0 N–H and O–H groups in total. The second-order valence-electron chi connectivity index (χ2n) is 3.34. The largest absolute Gasteiger partial charge is 1.00 e. The summed E-state index contributed by atoms with van der Waals surface area (Å²) < 4.78 is 36.8. The van der Waals surface area contributed by atoms with Crippen LogP contribution in [0.2, 0.25) is 0 Å². The van der Waals surface area contributed by atoms with E-state index in [1.54, 1.807) is 13.0 Å². The molecule has 0 bridgehead atoms. The first-order valence-corrected chi connectivity index (χ1v) is 4.78. The molecular weight excluding hydrogens is 259 g/mol. The molecule has 0 saturated heterocycles. The fourth-order valence-corrected chi connectivity index (χ4v) is 1.65. The number of terminal acetylenes is 1. The summed E-state index contributed by atoms with van der Waals surface area (Å²) in [5.74, 6) is 2.35. The number of thiol groups is 1. The maximum Gasteiger partial charge on any atom is 1.00 e. The van der Waals surface area contributed by atoms with E-state index in [-0.39, 0.29) is 56.9 Å². The van der Waals surface area contributed by atoms with Crippen LogP contribution in [0, 0.1) is 19.3 Å². The van der Waals surface area contributed by atoms with Crippen molar-refractivity contribution in [3.8, 4) is 12.3 Å². The van der Waals surface area contributed by atoms with Gasteiger partial charge in [0.2, 0.25) is 0 Å². The van der Waals surface area contributed by atoms with Gasteiger partial charge in [0.25, 0.3) is 0 Å². The van der Waals surface area contributed by atoms with E-state index in [4.69, 9.17) is 6.42 Å². The van der Waals surface area contributed by atoms with Crippen molar-refractivity contribution in [3.63, 3.8) is 0 Å². The number of halogens is 3. The third-order valence-electron chi connectivity index (χ3n) is 2.11. The molecule has 1 rings (SSSR count). The summed E-state index contributed by atoms with van der Waals surface area (Å²) in [7, 11) is 0. The quantitative estimate of drug-likeness (QED) is 0.442. The van der Waals surface area contributed by atoms with Gasteiger partial charge >= 0.3 is 58.4 Å². The van der Waals surface area contributed by atoms with Crippen LogP contribution in [0.25, 0.3) is 0 Å². The second kappa shape index (κ2) is 6.53. The van der Waals surface area contributed by atoms with Crippen molar-refractivity contribution in [1.29, 1.82) is 0 Å². The van der Waals surface area contributed by atoms with Gasteiger partial charge in [-0.25, -0.2) is 0 Å². The normalized spacial score (nSPS) is 10.5. The van der Waals surface area contributed by atoms with E-state index in [1.165, 1.54) is 6.07 Å². The Morgan fingerprint density at radius 2 is 1.94 bits per heavy atom. The van der Waals surface area contributed by atoms with Gasteiger partial charge in [-0.15, -0.1) is 19.1 Å². The minimum Gasteiger partial charge on any atom is -0.449 e. The topological polar surface area (TPSA) is 0 Å². The van der Waals surface area contributed by atoms with Crippen LogP contribution in [-0.2, 0) is 6.32 Å². The zero-order valence-corrected chi connectivity index (χ0v) is 13.1. The Hall–Kier alpha value is 0.621. The minimum absolute atomic E-state index is 0. The summed E-state index contributed by atoms with van der Waals surface area (Å²) in [6.07, 6.45) is 4.28. The van der Waals surface area contributed by atoms with E-state index >= 15 is 0 Å². The molecule has 80 valence electrons. The predicted molar refractivity (Wildman–Crippen MR) is 59.1 cm³/mol. The first-order chi connectivity index (χ1) is 6.83. The van der Waals surface area contributed by atoms with Crippen LogP contribution in [0.15, 0.2) is 17.0 Å². The summed E-state index contributed by atoms with van der Waals surface area (Å²) in [5, 5.41) is 0. The number of rotatable bonds is 2. The van der Waals surface area contributed by atoms with Crippen LogP contribution in [0.4, 0.5) is 12.9 Å². The van der Waals surface area contributed by atoms with Gasteiger partial charge in [0.1, 0.15) is 0 Å². The maximum absolute atomic E-state index is 12.3. The van der Waals surface area contributed by atoms with E-state index in [1.807, 2.05) is 0 Å². The number of hydrogen-bond acceptors (Lipinski definition) is 1. The Morgan fingerprint density at radius 1 is 1.38 bits per heavy atom. The van der Waals surface area contributed by atoms with Crippen LogP contribution in [0.1, 0.15) is 16.7 Å². The van der Waals surface area contributed by atoms with Crippen molar-refractivity contribution in [1.82, 2.24) is 0 Å². The monoisotopic (exact) mass is 268 g/mol. The molecule has 0 nitrogen and oxygen atoms in total. The molecule has 0 aliphatic carbocycles. The molecular formula is C10H9BF3KS. The summed E-state index contributed by atoms with van der Waals surface area (Å²) in [4.78, 5) is 0.462. The van der Waals surface area contributed by atoms with Crippen LogP contribution in [0.3, 0.4) is 0 Å². The van der Waals surface area contributed by atoms with Crippen LogP contribution < -0.4 is 51.4 Å². The third kappa shape index (κ3) is 4.86. The fourth-order valence-electron chi connectivity index (χ4n) is 1.37. The minimum atomic E-state index is -4.84. The van der Waals surface area contributed by atoms with Gasteiger partial charge in [0.15, 0.2) is 0 Å². The number of hydrogen-bond donors (Lipinski definition) is 1. The van der Waals surface area contributed by atoms with Crippen LogP contribution in [0.5, 0.6) is 0 Å². The smallest absolute Gasteiger partial charge is 0.449 e. The summed E-state index contributed by atoms with van der Waals surface area (Å²) in [6, 6.07) is 3.00. The molecule has 0 spiro atoms. The van der Waals surface area contributed by atoms with Crippen molar-refractivity contribution in [2.45, 2.75) is 18.1 Å². The van der Waals surface area contributed by atoms with Gasteiger partial charge in [-0.2, -0.15) is 0 Å². The van der Waals surface area contributed by atoms with Crippen LogP contribution in [-0.4, -0.2) is 6.98 Å². The first-order valence-electron chi connectivity index (χ1n) is 4.33.